The Balaban J connectivity index is 2.50. The number of thiol groups is 1. The summed E-state index contributed by atoms with van der Waals surface area (Å²) < 4.78 is 5.07. The highest BCUT2D eigenvalue weighted by Gasteiger charge is 2.20. The number of rotatable bonds is 5. The molecule has 0 aliphatic carbocycles. The van der Waals surface area contributed by atoms with E-state index in [4.69, 9.17) is 16.3 Å². The first kappa shape index (κ1) is 17.4. The van der Waals surface area contributed by atoms with E-state index in [0.717, 1.165) is 5.56 Å². The lowest BCUT2D eigenvalue weighted by Crippen LogP contribution is -2.12. The Labute approximate surface area is 146 Å². The molecular formula is C18H17ClO3S. The van der Waals surface area contributed by atoms with Crippen molar-refractivity contribution in [3.8, 4) is 0 Å². The van der Waals surface area contributed by atoms with Crippen LogP contribution >= 0.6 is 24.2 Å². The summed E-state index contributed by atoms with van der Waals surface area (Å²) in [6.07, 6.45) is 0.249. The second-order valence-electron chi connectivity index (χ2n) is 4.87. The molecule has 0 saturated carbocycles. The van der Waals surface area contributed by atoms with Gasteiger partial charge in [0.2, 0.25) is 0 Å². The van der Waals surface area contributed by atoms with Crippen molar-refractivity contribution < 1.29 is 14.6 Å². The van der Waals surface area contributed by atoms with Gasteiger partial charge in [0.05, 0.1) is 17.2 Å². The van der Waals surface area contributed by atoms with Crippen LogP contribution in [0.2, 0.25) is 5.02 Å². The molecule has 0 aromatic heterocycles. The van der Waals surface area contributed by atoms with Gasteiger partial charge in [-0.05, 0) is 30.7 Å². The van der Waals surface area contributed by atoms with Gasteiger partial charge in [0, 0.05) is 16.9 Å². The van der Waals surface area contributed by atoms with Crippen LogP contribution in [0.15, 0.2) is 59.0 Å². The van der Waals surface area contributed by atoms with E-state index in [2.05, 4.69) is 12.6 Å². The monoisotopic (exact) mass is 348 g/mol. The zero-order chi connectivity index (χ0) is 16.8. The van der Waals surface area contributed by atoms with Gasteiger partial charge in [-0.25, -0.2) is 4.79 Å². The van der Waals surface area contributed by atoms with Crippen LogP contribution in [0.4, 0.5) is 0 Å². The van der Waals surface area contributed by atoms with Gasteiger partial charge in [0.25, 0.3) is 0 Å². The molecule has 0 amide bonds. The number of aliphatic hydroxyl groups excluding tert-OH is 1. The highest BCUT2D eigenvalue weighted by atomic mass is 35.5. The molecule has 0 saturated heterocycles. The van der Waals surface area contributed by atoms with Gasteiger partial charge in [0.15, 0.2) is 0 Å². The van der Waals surface area contributed by atoms with Gasteiger partial charge >= 0.3 is 5.97 Å². The third-order valence-electron chi connectivity index (χ3n) is 3.24. The molecule has 2 aromatic carbocycles. The van der Waals surface area contributed by atoms with Crippen LogP contribution in [0, 0.1) is 0 Å². The topological polar surface area (TPSA) is 46.5 Å². The number of esters is 1. The number of carbonyl (C=O) groups is 1. The minimum absolute atomic E-state index is 0.166. The molecule has 0 spiro atoms. The summed E-state index contributed by atoms with van der Waals surface area (Å²) in [6, 6.07) is 14.3. The SMILES string of the molecule is CCOC(=O)/C(Cc1ccccc1)=C(\O)c1cc(S)ccc1Cl. The van der Waals surface area contributed by atoms with E-state index in [-0.39, 0.29) is 24.4 Å². The highest BCUT2D eigenvalue weighted by Crippen LogP contribution is 2.28. The van der Waals surface area contributed by atoms with Crippen LogP contribution in [0.25, 0.3) is 5.76 Å². The van der Waals surface area contributed by atoms with Crippen molar-refractivity contribution in [3.05, 3.63) is 70.3 Å². The lowest BCUT2D eigenvalue weighted by Gasteiger charge is -2.12. The number of hydrogen-bond donors (Lipinski definition) is 2. The average molecular weight is 349 g/mol. The molecule has 23 heavy (non-hydrogen) atoms. The van der Waals surface area contributed by atoms with Crippen molar-refractivity contribution in [2.24, 2.45) is 0 Å². The third kappa shape index (κ3) is 4.53. The molecule has 0 bridgehead atoms. The molecule has 3 nitrogen and oxygen atoms in total. The maximum absolute atomic E-state index is 12.3. The molecule has 0 aliphatic rings. The molecule has 1 N–H and O–H groups in total. The summed E-state index contributed by atoms with van der Waals surface area (Å²) in [5.74, 6) is -0.748. The van der Waals surface area contributed by atoms with E-state index < -0.39 is 5.97 Å². The van der Waals surface area contributed by atoms with Gasteiger partial charge in [-0.2, -0.15) is 0 Å². The second-order valence-corrected chi connectivity index (χ2v) is 5.80. The summed E-state index contributed by atoms with van der Waals surface area (Å²) in [4.78, 5) is 12.9. The molecule has 0 fully saturated rings. The fraction of sp³-hybridized carbons (Fsp3) is 0.167. The van der Waals surface area contributed by atoms with Crippen LogP contribution in [0.3, 0.4) is 0 Å². The first-order valence-corrected chi connectivity index (χ1v) is 7.97. The number of aliphatic hydroxyl groups is 1. The van der Waals surface area contributed by atoms with E-state index in [1.54, 1.807) is 25.1 Å². The smallest absolute Gasteiger partial charge is 0.338 e. The van der Waals surface area contributed by atoms with E-state index in [1.165, 1.54) is 0 Å². The summed E-state index contributed by atoms with van der Waals surface area (Å²) in [6.45, 7) is 1.95. The molecule has 0 unspecified atom stereocenters. The predicted molar refractivity (Wildman–Crippen MR) is 95.0 cm³/mol. The minimum atomic E-state index is -0.561. The quantitative estimate of drug-likeness (QED) is 0.356. The van der Waals surface area contributed by atoms with E-state index in [9.17, 15) is 9.90 Å². The Morgan fingerprint density at radius 2 is 1.91 bits per heavy atom. The summed E-state index contributed by atoms with van der Waals surface area (Å²) in [5.41, 5.74) is 1.41. The van der Waals surface area contributed by atoms with Gasteiger partial charge in [-0.1, -0.05) is 41.9 Å². The van der Waals surface area contributed by atoms with Crippen LogP contribution < -0.4 is 0 Å². The largest absolute Gasteiger partial charge is 0.507 e. The molecule has 2 aromatic rings. The zero-order valence-corrected chi connectivity index (χ0v) is 14.3. The standard InChI is InChI=1S/C18H17ClO3S/c1-2-22-18(21)15(10-12-6-4-3-5-7-12)17(20)14-11-13(23)8-9-16(14)19/h3-9,11,20,23H,2,10H2,1H3/b17-15-. The maximum Gasteiger partial charge on any atom is 0.338 e. The van der Waals surface area contributed by atoms with Gasteiger partial charge < -0.3 is 9.84 Å². The zero-order valence-electron chi connectivity index (χ0n) is 12.6. The number of ether oxygens (including phenoxy) is 1. The van der Waals surface area contributed by atoms with Crippen molar-refractivity contribution in [1.29, 1.82) is 0 Å². The Morgan fingerprint density at radius 1 is 1.22 bits per heavy atom. The van der Waals surface area contributed by atoms with Crippen LogP contribution in [-0.2, 0) is 16.0 Å². The first-order chi connectivity index (χ1) is 11.0. The van der Waals surface area contributed by atoms with Crippen LogP contribution in [-0.4, -0.2) is 17.7 Å². The number of halogens is 1. The molecule has 5 heteroatoms. The van der Waals surface area contributed by atoms with Crippen molar-refractivity contribution in [3.63, 3.8) is 0 Å². The van der Waals surface area contributed by atoms with Crippen molar-refractivity contribution in [2.45, 2.75) is 18.2 Å². The number of benzene rings is 2. The van der Waals surface area contributed by atoms with E-state index in [0.29, 0.717) is 15.5 Å². The average Bonchev–Trinajstić information content (AvgIpc) is 2.55. The number of carbonyl (C=O) groups excluding carboxylic acids is 1. The normalized spacial score (nSPS) is 11.8. The Bertz CT molecular complexity index is 726. The molecule has 0 atom stereocenters. The fourth-order valence-electron chi connectivity index (χ4n) is 2.13. The van der Waals surface area contributed by atoms with E-state index in [1.807, 2.05) is 30.3 Å². The van der Waals surface area contributed by atoms with Gasteiger partial charge in [-0.3, -0.25) is 0 Å². The van der Waals surface area contributed by atoms with E-state index >= 15 is 0 Å². The molecule has 0 aliphatic heterocycles. The molecule has 0 heterocycles. The Hall–Kier alpha value is -1.91. The maximum atomic E-state index is 12.3. The van der Waals surface area contributed by atoms with Crippen molar-refractivity contribution >= 4 is 36.0 Å². The van der Waals surface area contributed by atoms with Crippen LogP contribution in [0.5, 0.6) is 0 Å². The van der Waals surface area contributed by atoms with Crippen LogP contribution in [0.1, 0.15) is 18.1 Å². The third-order valence-corrected chi connectivity index (χ3v) is 3.84. The highest BCUT2D eigenvalue weighted by molar-refractivity contribution is 7.80. The molecule has 120 valence electrons. The van der Waals surface area contributed by atoms with Gasteiger partial charge in [0.1, 0.15) is 5.76 Å². The minimum Gasteiger partial charge on any atom is -0.507 e. The summed E-state index contributed by atoms with van der Waals surface area (Å²) in [7, 11) is 0. The number of hydrogen-bond acceptors (Lipinski definition) is 4. The molecule has 2 rings (SSSR count). The van der Waals surface area contributed by atoms with Crippen molar-refractivity contribution in [1.82, 2.24) is 0 Å². The fourth-order valence-corrected chi connectivity index (χ4v) is 2.54. The molecular weight excluding hydrogens is 332 g/mol. The first-order valence-electron chi connectivity index (χ1n) is 7.15. The lowest BCUT2D eigenvalue weighted by atomic mass is 10.0. The summed E-state index contributed by atoms with van der Waals surface area (Å²) in [5, 5.41) is 10.9. The molecule has 0 radical (unpaired) electrons. The predicted octanol–water partition coefficient (Wildman–Crippen LogP) is 4.70. The summed E-state index contributed by atoms with van der Waals surface area (Å²) >= 11 is 10.4. The second kappa shape index (κ2) is 8.09. The Kier molecular flexibility index (Phi) is 6.13. The van der Waals surface area contributed by atoms with Gasteiger partial charge in [-0.15, -0.1) is 12.6 Å². The van der Waals surface area contributed by atoms with Crippen molar-refractivity contribution in [2.75, 3.05) is 6.61 Å². The lowest BCUT2D eigenvalue weighted by molar-refractivity contribution is -0.138. The Morgan fingerprint density at radius 3 is 2.57 bits per heavy atom.